The maximum absolute atomic E-state index is 5.86. The molecule has 2 nitrogen and oxygen atoms in total. The number of anilines is 1. The predicted octanol–water partition coefficient (Wildman–Crippen LogP) is 3.51. The first-order valence-electron chi connectivity index (χ1n) is 5.69. The Balaban J connectivity index is 1.88. The van der Waals surface area contributed by atoms with E-state index in [-0.39, 0.29) is 0 Å². The molecule has 0 amide bonds. The van der Waals surface area contributed by atoms with Crippen molar-refractivity contribution in [3.8, 4) is 5.75 Å². The van der Waals surface area contributed by atoms with Crippen molar-refractivity contribution in [2.75, 3.05) is 11.6 Å². The second kappa shape index (κ2) is 4.34. The number of hydrogen-bond acceptors (Lipinski definition) is 2. The highest BCUT2D eigenvalue weighted by molar-refractivity contribution is 5.70. The standard InChI is InChI=1S/C15H13NO/c1-2-9-14(10-3-1)17-16-12-6-8-13-7-4-5-11-15(13)16/h1-11H,12H2. The largest absolute Gasteiger partial charge is 0.379 e. The SMILES string of the molecule is C1=Cc2ccccc2N(Oc2ccccc2)C1. The van der Waals surface area contributed by atoms with Gasteiger partial charge in [0.2, 0.25) is 0 Å². The Morgan fingerprint density at radius 2 is 1.65 bits per heavy atom. The van der Waals surface area contributed by atoms with Crippen LogP contribution in [0.2, 0.25) is 0 Å². The third-order valence-electron chi connectivity index (χ3n) is 2.73. The number of nitrogens with zero attached hydrogens (tertiary/aromatic N) is 1. The van der Waals surface area contributed by atoms with Gasteiger partial charge in [-0.1, -0.05) is 48.6 Å². The molecule has 1 aliphatic rings. The molecule has 0 spiro atoms. The zero-order valence-electron chi connectivity index (χ0n) is 9.41. The van der Waals surface area contributed by atoms with E-state index in [0.29, 0.717) is 0 Å². The number of rotatable bonds is 2. The van der Waals surface area contributed by atoms with E-state index in [1.54, 1.807) is 0 Å². The number of hydrogen-bond donors (Lipinski definition) is 0. The average Bonchev–Trinajstić information content (AvgIpc) is 2.40. The summed E-state index contributed by atoms with van der Waals surface area (Å²) in [6.07, 6.45) is 4.23. The van der Waals surface area contributed by atoms with E-state index in [1.165, 1.54) is 5.56 Å². The fraction of sp³-hybridized carbons (Fsp3) is 0.0667. The summed E-state index contributed by atoms with van der Waals surface area (Å²) in [6.45, 7) is 0.770. The molecule has 0 aliphatic carbocycles. The third-order valence-corrected chi connectivity index (χ3v) is 2.73. The van der Waals surface area contributed by atoms with Gasteiger partial charge in [0, 0.05) is 5.56 Å². The van der Waals surface area contributed by atoms with E-state index in [9.17, 15) is 0 Å². The van der Waals surface area contributed by atoms with Gasteiger partial charge >= 0.3 is 0 Å². The van der Waals surface area contributed by atoms with E-state index in [0.717, 1.165) is 18.0 Å². The summed E-state index contributed by atoms with van der Waals surface area (Å²) in [5.41, 5.74) is 2.30. The highest BCUT2D eigenvalue weighted by Crippen LogP contribution is 2.26. The Labute approximate surface area is 101 Å². The molecule has 0 fully saturated rings. The topological polar surface area (TPSA) is 12.5 Å². The first-order chi connectivity index (χ1) is 8.43. The number of fused-ring (bicyclic) bond motifs is 1. The van der Waals surface area contributed by atoms with Crippen molar-refractivity contribution >= 4 is 11.8 Å². The highest BCUT2D eigenvalue weighted by Gasteiger charge is 2.13. The van der Waals surface area contributed by atoms with Crippen molar-refractivity contribution in [2.24, 2.45) is 0 Å². The second-order valence-corrected chi connectivity index (χ2v) is 3.93. The van der Waals surface area contributed by atoms with Crippen molar-refractivity contribution < 1.29 is 4.84 Å². The van der Waals surface area contributed by atoms with Crippen molar-refractivity contribution in [1.82, 2.24) is 0 Å². The van der Waals surface area contributed by atoms with Gasteiger partial charge in [0.15, 0.2) is 5.75 Å². The van der Waals surface area contributed by atoms with Gasteiger partial charge in [0.1, 0.15) is 0 Å². The van der Waals surface area contributed by atoms with Crippen molar-refractivity contribution in [1.29, 1.82) is 0 Å². The lowest BCUT2D eigenvalue weighted by atomic mass is 10.1. The van der Waals surface area contributed by atoms with Gasteiger partial charge in [-0.2, -0.15) is 0 Å². The molecule has 0 unspecified atom stereocenters. The van der Waals surface area contributed by atoms with Crippen LogP contribution in [0.25, 0.3) is 6.08 Å². The van der Waals surface area contributed by atoms with Gasteiger partial charge in [0.05, 0.1) is 12.2 Å². The van der Waals surface area contributed by atoms with Gasteiger partial charge in [0.25, 0.3) is 0 Å². The Morgan fingerprint density at radius 3 is 2.53 bits per heavy atom. The molecular weight excluding hydrogens is 210 g/mol. The molecule has 84 valence electrons. The van der Waals surface area contributed by atoms with Crippen LogP contribution in [-0.2, 0) is 0 Å². The molecule has 2 aromatic rings. The molecule has 2 heteroatoms. The molecule has 3 rings (SSSR count). The lowest BCUT2D eigenvalue weighted by Gasteiger charge is -2.27. The fourth-order valence-electron chi connectivity index (χ4n) is 1.92. The third kappa shape index (κ3) is 2.02. The van der Waals surface area contributed by atoms with Crippen LogP contribution < -0.4 is 9.90 Å². The lowest BCUT2D eigenvalue weighted by molar-refractivity contribution is 0.289. The Hall–Kier alpha value is -2.22. The van der Waals surface area contributed by atoms with E-state index < -0.39 is 0 Å². The first-order valence-corrected chi connectivity index (χ1v) is 5.69. The molecule has 17 heavy (non-hydrogen) atoms. The monoisotopic (exact) mass is 223 g/mol. The lowest BCUT2D eigenvalue weighted by Crippen LogP contribution is -2.29. The normalized spacial score (nSPS) is 13.3. The first kappa shape index (κ1) is 9.97. The molecule has 1 heterocycles. The van der Waals surface area contributed by atoms with Crippen molar-refractivity contribution in [3.63, 3.8) is 0 Å². The molecule has 0 N–H and O–H groups in total. The van der Waals surface area contributed by atoms with Gasteiger partial charge in [-0.05, 0) is 18.2 Å². The van der Waals surface area contributed by atoms with Crippen LogP contribution in [0.3, 0.4) is 0 Å². The summed E-state index contributed by atoms with van der Waals surface area (Å²) in [4.78, 5) is 5.86. The highest BCUT2D eigenvalue weighted by atomic mass is 16.7. The molecule has 0 aromatic heterocycles. The molecule has 0 saturated heterocycles. The van der Waals surface area contributed by atoms with Gasteiger partial charge in [-0.3, -0.25) is 0 Å². The van der Waals surface area contributed by atoms with Crippen LogP contribution in [0.5, 0.6) is 5.75 Å². The van der Waals surface area contributed by atoms with Crippen LogP contribution in [0.4, 0.5) is 5.69 Å². The minimum Gasteiger partial charge on any atom is -0.379 e. The molecule has 2 aromatic carbocycles. The van der Waals surface area contributed by atoms with Crippen LogP contribution in [-0.4, -0.2) is 6.54 Å². The summed E-state index contributed by atoms with van der Waals surface area (Å²) < 4.78 is 0. The molecular formula is C15H13NO. The molecule has 0 saturated carbocycles. The van der Waals surface area contributed by atoms with Gasteiger partial charge in [-0.15, -0.1) is 0 Å². The Bertz CT molecular complexity index is 534. The summed E-state index contributed by atoms with van der Waals surface area (Å²) in [5, 5.41) is 1.91. The Morgan fingerprint density at radius 1 is 0.882 bits per heavy atom. The van der Waals surface area contributed by atoms with Crippen LogP contribution in [0.15, 0.2) is 60.7 Å². The smallest absolute Gasteiger partial charge is 0.155 e. The van der Waals surface area contributed by atoms with Crippen molar-refractivity contribution in [2.45, 2.75) is 0 Å². The molecule has 0 atom stereocenters. The average molecular weight is 223 g/mol. The zero-order chi connectivity index (χ0) is 11.5. The van der Waals surface area contributed by atoms with Crippen molar-refractivity contribution in [3.05, 3.63) is 66.2 Å². The maximum Gasteiger partial charge on any atom is 0.155 e. The maximum atomic E-state index is 5.86. The van der Waals surface area contributed by atoms with Crippen LogP contribution in [0, 0.1) is 0 Å². The summed E-state index contributed by atoms with van der Waals surface area (Å²) in [7, 11) is 0. The minimum atomic E-state index is 0.770. The van der Waals surface area contributed by atoms with E-state index in [4.69, 9.17) is 4.84 Å². The van der Waals surface area contributed by atoms with Gasteiger partial charge < -0.3 is 4.84 Å². The Kier molecular flexibility index (Phi) is 2.54. The quantitative estimate of drug-likeness (QED) is 0.772. The summed E-state index contributed by atoms with van der Waals surface area (Å²) in [6, 6.07) is 18.1. The van der Waals surface area contributed by atoms with E-state index in [1.807, 2.05) is 47.5 Å². The predicted molar refractivity (Wildman–Crippen MR) is 69.9 cm³/mol. The number of para-hydroxylation sites is 2. The van der Waals surface area contributed by atoms with E-state index >= 15 is 0 Å². The zero-order valence-corrected chi connectivity index (χ0v) is 9.41. The molecule has 0 radical (unpaired) electrons. The summed E-state index contributed by atoms with van der Waals surface area (Å²) in [5.74, 6) is 0.859. The van der Waals surface area contributed by atoms with Crippen LogP contribution in [0.1, 0.15) is 5.56 Å². The van der Waals surface area contributed by atoms with E-state index in [2.05, 4.69) is 24.3 Å². The number of benzene rings is 2. The van der Waals surface area contributed by atoms with Gasteiger partial charge in [-0.25, -0.2) is 5.06 Å². The molecule has 0 bridgehead atoms. The number of hydroxylamine groups is 1. The molecule has 1 aliphatic heterocycles. The second-order valence-electron chi connectivity index (χ2n) is 3.93. The summed E-state index contributed by atoms with van der Waals surface area (Å²) >= 11 is 0. The van der Waals surface area contributed by atoms with Crippen LogP contribution >= 0.6 is 0 Å². The minimum absolute atomic E-state index is 0.770. The fourth-order valence-corrected chi connectivity index (χ4v) is 1.92.